The molecule has 2 aromatic rings. The lowest BCUT2D eigenvalue weighted by Gasteiger charge is -2.41. The first-order chi connectivity index (χ1) is 11.3. The Balaban J connectivity index is 1.72. The van der Waals surface area contributed by atoms with Gasteiger partial charge in [0.1, 0.15) is 6.10 Å². The highest BCUT2D eigenvalue weighted by Crippen LogP contribution is 2.33. The average molecular weight is 336 g/mol. The van der Waals surface area contributed by atoms with Crippen LogP contribution in [0.4, 0.5) is 0 Å². The molecule has 1 saturated heterocycles. The van der Waals surface area contributed by atoms with E-state index < -0.39 is 0 Å². The quantitative estimate of drug-likeness (QED) is 0.880. The average Bonchev–Trinajstić information content (AvgIpc) is 3.09. The number of halogens is 1. The van der Waals surface area contributed by atoms with Crippen LogP contribution in [-0.4, -0.2) is 52.2 Å². The minimum Gasteiger partial charge on any atom is -0.394 e. The van der Waals surface area contributed by atoms with Crippen molar-refractivity contribution in [3.8, 4) is 0 Å². The Morgan fingerprint density at radius 1 is 1.26 bits per heavy atom. The monoisotopic (exact) mass is 335 g/mol. The third-order valence-electron chi connectivity index (χ3n) is 4.25. The molecule has 2 heterocycles. The molecular weight excluding hydrogens is 314 g/mol. The van der Waals surface area contributed by atoms with Crippen LogP contribution in [0, 0.1) is 0 Å². The minimum atomic E-state index is -0.242. The summed E-state index contributed by atoms with van der Waals surface area (Å²) in [5.41, 5.74) is 1.02. The number of ether oxygens (including phenoxy) is 1. The number of rotatable bonds is 6. The van der Waals surface area contributed by atoms with E-state index >= 15 is 0 Å². The fraction of sp³-hybridized carbons (Fsp3) is 0.471. The van der Waals surface area contributed by atoms with Crippen molar-refractivity contribution in [1.82, 2.24) is 14.7 Å². The number of morpholine rings is 1. The summed E-state index contributed by atoms with van der Waals surface area (Å²) in [6.45, 7) is 3.25. The van der Waals surface area contributed by atoms with E-state index in [0.717, 1.165) is 36.6 Å². The summed E-state index contributed by atoms with van der Waals surface area (Å²) in [5, 5.41) is 14.7. The molecule has 23 heavy (non-hydrogen) atoms. The maximum absolute atomic E-state index is 9.70. The van der Waals surface area contributed by atoms with Crippen LogP contribution >= 0.6 is 11.6 Å². The molecule has 0 bridgehead atoms. The standard InChI is InChI=1S/C17H22ClN3O2/c18-15-6-2-1-5-14(15)17-16(13-22)23-12-11-20(17)8-4-10-21-9-3-7-19-21/h1-3,5-7,9,16-17,22H,4,8,10-13H2/t16-,17-/m0/s1. The molecule has 0 radical (unpaired) electrons. The third-order valence-corrected chi connectivity index (χ3v) is 4.60. The van der Waals surface area contributed by atoms with E-state index in [1.165, 1.54) is 0 Å². The molecule has 1 aromatic carbocycles. The summed E-state index contributed by atoms with van der Waals surface area (Å²) in [6.07, 6.45) is 4.51. The Morgan fingerprint density at radius 3 is 2.87 bits per heavy atom. The predicted molar refractivity (Wildman–Crippen MR) is 89.4 cm³/mol. The number of benzene rings is 1. The van der Waals surface area contributed by atoms with E-state index in [9.17, 15) is 5.11 Å². The molecular formula is C17H22ClN3O2. The number of hydrogen-bond acceptors (Lipinski definition) is 4. The second-order valence-electron chi connectivity index (χ2n) is 5.72. The van der Waals surface area contributed by atoms with Gasteiger partial charge in [-0.1, -0.05) is 29.8 Å². The number of aliphatic hydroxyl groups excluding tert-OH is 1. The summed E-state index contributed by atoms with van der Waals surface area (Å²) in [6, 6.07) is 9.73. The zero-order chi connectivity index (χ0) is 16.1. The van der Waals surface area contributed by atoms with Crippen molar-refractivity contribution in [2.75, 3.05) is 26.3 Å². The first-order valence-corrected chi connectivity index (χ1v) is 8.36. The van der Waals surface area contributed by atoms with Gasteiger partial charge in [-0.3, -0.25) is 9.58 Å². The summed E-state index contributed by atoms with van der Waals surface area (Å²) < 4.78 is 7.70. The van der Waals surface area contributed by atoms with E-state index in [-0.39, 0.29) is 18.8 Å². The molecule has 5 nitrogen and oxygen atoms in total. The molecule has 124 valence electrons. The van der Waals surface area contributed by atoms with Crippen molar-refractivity contribution in [2.45, 2.75) is 25.1 Å². The molecule has 6 heteroatoms. The van der Waals surface area contributed by atoms with E-state index in [1.54, 1.807) is 6.20 Å². The Labute approximate surface area is 141 Å². The maximum Gasteiger partial charge on any atom is 0.100 e. The van der Waals surface area contributed by atoms with Crippen LogP contribution in [0.15, 0.2) is 42.7 Å². The Kier molecular flexibility index (Phi) is 5.67. The highest BCUT2D eigenvalue weighted by Gasteiger charge is 2.33. The molecule has 1 aliphatic heterocycles. The number of aryl methyl sites for hydroxylation is 1. The van der Waals surface area contributed by atoms with Crippen LogP contribution < -0.4 is 0 Å². The zero-order valence-corrected chi connectivity index (χ0v) is 13.8. The van der Waals surface area contributed by atoms with E-state index in [1.807, 2.05) is 41.2 Å². The zero-order valence-electron chi connectivity index (χ0n) is 13.0. The summed E-state index contributed by atoms with van der Waals surface area (Å²) >= 11 is 6.38. The van der Waals surface area contributed by atoms with Crippen LogP contribution in [0.3, 0.4) is 0 Å². The van der Waals surface area contributed by atoms with Crippen molar-refractivity contribution >= 4 is 11.6 Å². The Bertz CT molecular complexity index is 606. The molecule has 2 atom stereocenters. The number of aliphatic hydroxyl groups is 1. The van der Waals surface area contributed by atoms with Gasteiger partial charge < -0.3 is 9.84 Å². The molecule has 3 rings (SSSR count). The Morgan fingerprint density at radius 2 is 2.13 bits per heavy atom. The van der Waals surface area contributed by atoms with E-state index in [4.69, 9.17) is 16.3 Å². The summed E-state index contributed by atoms with van der Waals surface area (Å²) in [5.74, 6) is 0. The normalized spacial score (nSPS) is 22.3. The summed E-state index contributed by atoms with van der Waals surface area (Å²) in [7, 11) is 0. The van der Waals surface area contributed by atoms with Crippen molar-refractivity contribution in [3.05, 3.63) is 53.3 Å². The predicted octanol–water partition coefficient (Wildman–Crippen LogP) is 2.36. The van der Waals surface area contributed by atoms with Gasteiger partial charge in [-0.15, -0.1) is 0 Å². The number of nitrogens with zero attached hydrogens (tertiary/aromatic N) is 3. The minimum absolute atomic E-state index is 0.00839. The van der Waals surface area contributed by atoms with Crippen molar-refractivity contribution < 1.29 is 9.84 Å². The van der Waals surface area contributed by atoms with Gasteiger partial charge in [-0.25, -0.2) is 0 Å². The van der Waals surface area contributed by atoms with Gasteiger partial charge in [0.15, 0.2) is 0 Å². The van der Waals surface area contributed by atoms with Crippen molar-refractivity contribution in [3.63, 3.8) is 0 Å². The SMILES string of the molecule is OC[C@@H]1OCCN(CCCn2cccn2)[C@H]1c1ccccc1Cl. The fourth-order valence-corrected chi connectivity index (χ4v) is 3.42. The van der Waals surface area contributed by atoms with Crippen molar-refractivity contribution in [2.24, 2.45) is 0 Å². The second-order valence-corrected chi connectivity index (χ2v) is 6.12. The molecule has 0 amide bonds. The molecule has 1 aromatic heterocycles. The van der Waals surface area contributed by atoms with Gasteiger partial charge >= 0.3 is 0 Å². The van der Waals surface area contributed by atoms with Gasteiger partial charge in [0, 0.05) is 37.1 Å². The molecule has 1 N–H and O–H groups in total. The van der Waals surface area contributed by atoms with E-state index in [2.05, 4.69) is 10.00 Å². The van der Waals surface area contributed by atoms with Crippen LogP contribution in [0.1, 0.15) is 18.0 Å². The second kappa shape index (κ2) is 7.93. The van der Waals surface area contributed by atoms with Gasteiger partial charge in [0.05, 0.1) is 19.3 Å². The summed E-state index contributed by atoms with van der Waals surface area (Å²) in [4.78, 5) is 2.36. The van der Waals surface area contributed by atoms with Crippen LogP contribution in [0.2, 0.25) is 5.02 Å². The van der Waals surface area contributed by atoms with E-state index in [0.29, 0.717) is 6.61 Å². The fourth-order valence-electron chi connectivity index (χ4n) is 3.17. The van der Waals surface area contributed by atoms with Gasteiger partial charge in [-0.2, -0.15) is 5.10 Å². The first kappa shape index (κ1) is 16.5. The third kappa shape index (κ3) is 3.93. The number of aromatic nitrogens is 2. The first-order valence-electron chi connectivity index (χ1n) is 7.98. The molecule has 1 fully saturated rings. The topological polar surface area (TPSA) is 50.5 Å². The van der Waals surface area contributed by atoms with Gasteiger partial charge in [0.2, 0.25) is 0 Å². The molecule has 0 saturated carbocycles. The van der Waals surface area contributed by atoms with Crippen molar-refractivity contribution in [1.29, 1.82) is 0 Å². The largest absolute Gasteiger partial charge is 0.394 e. The molecule has 1 aliphatic rings. The molecule has 0 spiro atoms. The lowest BCUT2D eigenvalue weighted by molar-refractivity contribution is -0.0935. The van der Waals surface area contributed by atoms with Gasteiger partial charge in [-0.05, 0) is 24.1 Å². The molecule has 0 unspecified atom stereocenters. The van der Waals surface area contributed by atoms with Crippen LogP contribution in [0.25, 0.3) is 0 Å². The maximum atomic E-state index is 9.70. The highest BCUT2D eigenvalue weighted by atomic mass is 35.5. The van der Waals surface area contributed by atoms with Crippen LogP contribution in [0.5, 0.6) is 0 Å². The lowest BCUT2D eigenvalue weighted by atomic mass is 9.98. The highest BCUT2D eigenvalue weighted by molar-refractivity contribution is 6.31. The van der Waals surface area contributed by atoms with Gasteiger partial charge in [0.25, 0.3) is 0 Å². The van der Waals surface area contributed by atoms with Crippen LogP contribution in [-0.2, 0) is 11.3 Å². The molecule has 0 aliphatic carbocycles. The lowest BCUT2D eigenvalue weighted by Crippen LogP contribution is -2.47. The smallest absolute Gasteiger partial charge is 0.100 e. The Hall–Kier alpha value is -1.40. The number of hydrogen-bond donors (Lipinski definition) is 1.